The van der Waals surface area contributed by atoms with Gasteiger partial charge < -0.3 is 14.2 Å². The van der Waals surface area contributed by atoms with Crippen LogP contribution in [0.15, 0.2) is 43.0 Å². The van der Waals surface area contributed by atoms with Gasteiger partial charge in [-0.25, -0.2) is 0 Å². The van der Waals surface area contributed by atoms with Crippen molar-refractivity contribution in [1.82, 2.24) is 0 Å². The molecule has 1 saturated carbocycles. The largest absolute Gasteiger partial charge is 0.493 e. The van der Waals surface area contributed by atoms with Gasteiger partial charge in [-0.05, 0) is 61.3 Å². The summed E-state index contributed by atoms with van der Waals surface area (Å²) in [5.74, 6) is 1.21. The first-order chi connectivity index (χ1) is 17.2. The summed E-state index contributed by atoms with van der Waals surface area (Å²) in [6, 6.07) is 5.38. The summed E-state index contributed by atoms with van der Waals surface area (Å²) in [5, 5.41) is 0.836. The van der Waals surface area contributed by atoms with E-state index in [-0.39, 0.29) is 35.9 Å². The van der Waals surface area contributed by atoms with E-state index in [0.717, 1.165) is 31.2 Å². The first-order valence-electron chi connectivity index (χ1n) is 11.9. The van der Waals surface area contributed by atoms with Gasteiger partial charge in [-0.15, -0.1) is 34.8 Å². The van der Waals surface area contributed by atoms with Crippen LogP contribution < -0.4 is 4.74 Å². The van der Waals surface area contributed by atoms with E-state index in [9.17, 15) is 9.59 Å². The third-order valence-electron chi connectivity index (χ3n) is 5.85. The maximum atomic E-state index is 11.5. The first-order valence-corrected chi connectivity index (χ1v) is 13.8. The van der Waals surface area contributed by atoms with E-state index in [4.69, 9.17) is 60.6 Å². The number of unbranched alkanes of at least 4 members (excludes halogenated alkanes) is 1. The number of hydrogen-bond acceptors (Lipinski definition) is 5. The first kappa shape index (κ1) is 32.6. The van der Waals surface area contributed by atoms with Crippen molar-refractivity contribution < 1.29 is 23.8 Å². The summed E-state index contributed by atoms with van der Waals surface area (Å²) in [6.07, 6.45) is 9.67. The molecule has 0 N–H and O–H groups in total. The summed E-state index contributed by atoms with van der Waals surface area (Å²) < 4.78 is 16.1. The molecule has 4 atom stereocenters. The predicted molar refractivity (Wildman–Crippen MR) is 148 cm³/mol. The minimum Gasteiger partial charge on any atom is -0.493 e. The summed E-state index contributed by atoms with van der Waals surface area (Å²) in [4.78, 5) is 22.6. The number of ether oxygens (including phenoxy) is 3. The van der Waals surface area contributed by atoms with E-state index in [2.05, 4.69) is 25.7 Å². The average molecular weight is 582 g/mol. The van der Waals surface area contributed by atoms with Gasteiger partial charge in [-0.1, -0.05) is 43.3 Å². The van der Waals surface area contributed by atoms with Crippen LogP contribution in [0.4, 0.5) is 0 Å². The predicted octanol–water partition coefficient (Wildman–Crippen LogP) is 7.93. The normalized spacial score (nSPS) is 20.9. The fourth-order valence-corrected chi connectivity index (χ4v) is 4.95. The monoisotopic (exact) mass is 580 g/mol. The molecule has 202 valence electrons. The molecule has 1 fully saturated rings. The van der Waals surface area contributed by atoms with Gasteiger partial charge in [0.25, 0.3) is 0 Å². The number of rotatable bonds is 13. The Morgan fingerprint density at radius 2 is 1.86 bits per heavy atom. The maximum Gasteiger partial charge on any atom is 0.306 e. The van der Waals surface area contributed by atoms with Crippen LogP contribution in [0, 0.1) is 17.8 Å². The molecule has 1 aromatic rings. The maximum absolute atomic E-state index is 11.5. The Morgan fingerprint density at radius 1 is 1.14 bits per heavy atom. The standard InChI is InChI=1S/C26H34Cl2O5.CH2Cl2/c1-4-11-31-26(30)10-8-6-5-7-9-23-24(18(2)12-25(23)28)17-33-22-14-20(13-21(27)15-22)16-32-19(3)29;2-1-3/h4-5,7,13-15,18,23-25H,1,6,8-12,16-17H2,2-3H3;1H2/b7-5-;/t18-,23-,24+,25-;/m1./s1. The fraction of sp³-hybridized carbons (Fsp3) is 0.556. The SMILES string of the molecule is C=CCOC(=O)CCC/C=C\C[C@@H]1[C@@H](COc2cc(Cl)cc(COC(C)=O)c2)[C@H](C)C[C@H]1Cl.ClCCl. The lowest BCUT2D eigenvalue weighted by molar-refractivity contribution is -0.143. The number of hydrogen-bond donors (Lipinski definition) is 0. The molecule has 0 aromatic heterocycles. The van der Waals surface area contributed by atoms with Gasteiger partial charge in [0.05, 0.1) is 11.9 Å². The van der Waals surface area contributed by atoms with Gasteiger partial charge in [0.15, 0.2) is 0 Å². The second kappa shape index (κ2) is 18.8. The number of allylic oxidation sites excluding steroid dienone is 2. The summed E-state index contributed by atoms with van der Waals surface area (Å²) in [7, 11) is 0. The molecule has 0 amide bonds. The number of esters is 2. The highest BCUT2D eigenvalue weighted by Crippen LogP contribution is 2.42. The van der Waals surface area contributed by atoms with Crippen molar-refractivity contribution in [3.05, 3.63) is 53.6 Å². The van der Waals surface area contributed by atoms with E-state index in [1.807, 2.05) is 6.07 Å². The van der Waals surface area contributed by atoms with E-state index >= 15 is 0 Å². The zero-order valence-corrected chi connectivity index (χ0v) is 23.9. The lowest BCUT2D eigenvalue weighted by atomic mass is 9.88. The average Bonchev–Trinajstić information content (AvgIpc) is 3.09. The van der Waals surface area contributed by atoms with Crippen LogP contribution in [0.1, 0.15) is 51.5 Å². The molecule has 5 nitrogen and oxygen atoms in total. The Bertz CT molecular complexity index is 845. The van der Waals surface area contributed by atoms with Gasteiger partial charge in [-0.3, -0.25) is 9.59 Å². The van der Waals surface area contributed by atoms with Gasteiger partial charge in [0.1, 0.15) is 19.0 Å². The molecule has 0 aliphatic heterocycles. The molecule has 0 radical (unpaired) electrons. The number of benzene rings is 1. The smallest absolute Gasteiger partial charge is 0.306 e. The molecular weight excluding hydrogens is 546 g/mol. The lowest BCUT2D eigenvalue weighted by Crippen LogP contribution is -2.23. The molecule has 0 saturated heterocycles. The van der Waals surface area contributed by atoms with E-state index in [1.165, 1.54) is 6.92 Å². The molecule has 0 spiro atoms. The number of carbonyl (C=O) groups is 2. The third kappa shape index (κ3) is 13.2. The van der Waals surface area contributed by atoms with Crippen LogP contribution in [-0.2, 0) is 25.7 Å². The van der Waals surface area contributed by atoms with Crippen molar-refractivity contribution in [3.8, 4) is 5.75 Å². The molecular formula is C27H36Cl4O5. The van der Waals surface area contributed by atoms with Crippen molar-refractivity contribution in [3.63, 3.8) is 0 Å². The molecule has 2 rings (SSSR count). The Hall–Kier alpha value is -1.40. The third-order valence-corrected chi connectivity index (χ3v) is 6.57. The van der Waals surface area contributed by atoms with Crippen molar-refractivity contribution >= 4 is 58.3 Å². The Kier molecular flexibility index (Phi) is 17.0. The molecule has 36 heavy (non-hydrogen) atoms. The molecule has 1 aromatic carbocycles. The van der Waals surface area contributed by atoms with Crippen LogP contribution in [0.2, 0.25) is 5.02 Å². The van der Waals surface area contributed by atoms with Crippen LogP contribution in [0.25, 0.3) is 0 Å². The highest BCUT2D eigenvalue weighted by Gasteiger charge is 2.39. The zero-order valence-electron chi connectivity index (χ0n) is 20.9. The van der Waals surface area contributed by atoms with Gasteiger partial charge in [-0.2, -0.15) is 0 Å². The van der Waals surface area contributed by atoms with E-state index < -0.39 is 0 Å². The number of carbonyl (C=O) groups excluding carboxylic acids is 2. The Balaban J connectivity index is 0.00000205. The molecule has 0 unspecified atom stereocenters. The number of halogens is 4. The van der Waals surface area contributed by atoms with Crippen LogP contribution in [0.3, 0.4) is 0 Å². The summed E-state index contributed by atoms with van der Waals surface area (Å²) >= 11 is 22.4. The van der Waals surface area contributed by atoms with Crippen LogP contribution in [-0.4, -0.2) is 35.9 Å². The number of alkyl halides is 3. The molecule has 0 bridgehead atoms. The van der Waals surface area contributed by atoms with Gasteiger partial charge in [0, 0.05) is 29.7 Å². The van der Waals surface area contributed by atoms with Crippen molar-refractivity contribution in [2.24, 2.45) is 17.8 Å². The molecule has 1 aliphatic carbocycles. The highest BCUT2D eigenvalue weighted by molar-refractivity contribution is 6.40. The minimum atomic E-state index is -0.339. The van der Waals surface area contributed by atoms with Gasteiger partial charge in [0.2, 0.25) is 0 Å². The topological polar surface area (TPSA) is 61.8 Å². The lowest BCUT2D eigenvalue weighted by Gasteiger charge is -2.23. The second-order valence-corrected chi connectivity index (χ2v) is 10.4. The van der Waals surface area contributed by atoms with Crippen molar-refractivity contribution in [1.29, 1.82) is 0 Å². The van der Waals surface area contributed by atoms with Crippen LogP contribution in [0.5, 0.6) is 5.75 Å². The fourth-order valence-electron chi connectivity index (χ4n) is 4.13. The highest BCUT2D eigenvalue weighted by atomic mass is 35.5. The van der Waals surface area contributed by atoms with E-state index in [0.29, 0.717) is 41.6 Å². The molecule has 9 heteroatoms. The van der Waals surface area contributed by atoms with Crippen molar-refractivity contribution in [2.45, 2.75) is 57.9 Å². The minimum absolute atomic E-state index is 0.103. The van der Waals surface area contributed by atoms with Crippen molar-refractivity contribution in [2.75, 3.05) is 18.6 Å². The van der Waals surface area contributed by atoms with Gasteiger partial charge >= 0.3 is 11.9 Å². The second-order valence-electron chi connectivity index (χ2n) is 8.62. The Labute approximate surface area is 235 Å². The van der Waals surface area contributed by atoms with E-state index in [1.54, 1.807) is 18.2 Å². The zero-order chi connectivity index (χ0) is 26.9. The Morgan fingerprint density at radius 3 is 2.53 bits per heavy atom. The molecule has 1 aliphatic rings. The summed E-state index contributed by atoms with van der Waals surface area (Å²) in [6.45, 7) is 8.09. The summed E-state index contributed by atoms with van der Waals surface area (Å²) in [5.41, 5.74) is 0.787. The quantitative estimate of drug-likeness (QED) is 0.102. The molecule has 0 heterocycles. The van der Waals surface area contributed by atoms with Crippen LogP contribution >= 0.6 is 46.4 Å².